The van der Waals surface area contributed by atoms with Crippen LogP contribution in [0.3, 0.4) is 0 Å². The van der Waals surface area contributed by atoms with Crippen molar-refractivity contribution in [1.29, 1.82) is 0 Å². The number of aromatic nitrogens is 2. The molecule has 0 spiro atoms. The van der Waals surface area contributed by atoms with Gasteiger partial charge in [-0.15, -0.1) is 0 Å². The molecule has 0 fully saturated rings. The van der Waals surface area contributed by atoms with Gasteiger partial charge in [-0.25, -0.2) is 4.98 Å². The van der Waals surface area contributed by atoms with E-state index in [4.69, 9.17) is 22.1 Å². The molecular weight excluding hydrogens is 262 g/mol. The summed E-state index contributed by atoms with van der Waals surface area (Å²) < 4.78 is 5.63. The van der Waals surface area contributed by atoms with E-state index >= 15 is 0 Å². The summed E-state index contributed by atoms with van der Waals surface area (Å²) in [4.78, 5) is 8.50. The number of nitrogens with two attached hydrogens (primary N) is 1. The second kappa shape index (κ2) is 5.89. The van der Waals surface area contributed by atoms with Crippen LogP contribution in [0.25, 0.3) is 0 Å². The number of hydrogen-bond donors (Lipinski definition) is 1. The number of anilines is 1. The number of nitrogens with zero attached hydrogens (tertiary/aromatic N) is 2. The van der Waals surface area contributed by atoms with E-state index in [0.717, 1.165) is 5.56 Å². The third-order valence-corrected chi connectivity index (χ3v) is 2.81. The predicted molar refractivity (Wildman–Crippen MR) is 76.3 cm³/mol. The van der Waals surface area contributed by atoms with Crippen LogP contribution in [0.4, 0.5) is 5.82 Å². The van der Waals surface area contributed by atoms with Gasteiger partial charge in [0, 0.05) is 17.0 Å². The maximum atomic E-state index is 5.83. The predicted octanol–water partition coefficient (Wildman–Crippen LogP) is 3.41. The van der Waals surface area contributed by atoms with Gasteiger partial charge in [-0.3, -0.25) is 0 Å². The molecule has 1 aromatic heterocycles. The molecule has 2 N–H and O–H groups in total. The molecule has 19 heavy (non-hydrogen) atoms. The molecule has 0 radical (unpaired) electrons. The first kappa shape index (κ1) is 13.6. The number of halogens is 1. The number of benzene rings is 1. The largest absolute Gasteiger partial charge is 0.473 e. The minimum Gasteiger partial charge on any atom is -0.473 e. The van der Waals surface area contributed by atoms with Crippen LogP contribution in [0, 0.1) is 0 Å². The van der Waals surface area contributed by atoms with Crippen molar-refractivity contribution in [3.05, 3.63) is 46.7 Å². The van der Waals surface area contributed by atoms with E-state index in [0.29, 0.717) is 29.2 Å². The van der Waals surface area contributed by atoms with E-state index in [1.54, 1.807) is 6.07 Å². The Morgan fingerprint density at radius 3 is 2.53 bits per heavy atom. The van der Waals surface area contributed by atoms with E-state index in [-0.39, 0.29) is 5.92 Å². The maximum absolute atomic E-state index is 5.83. The lowest BCUT2D eigenvalue weighted by molar-refractivity contribution is 0.292. The second-order valence-corrected chi connectivity index (χ2v) is 5.00. The van der Waals surface area contributed by atoms with Crippen molar-refractivity contribution >= 4 is 17.4 Å². The Bertz CT molecular complexity index is 555. The molecule has 0 saturated heterocycles. The number of ether oxygens (including phenoxy) is 1. The molecule has 1 aromatic carbocycles. The number of rotatable bonds is 4. The highest BCUT2D eigenvalue weighted by molar-refractivity contribution is 6.30. The minimum atomic E-state index is 0.210. The molecule has 0 aliphatic rings. The average molecular weight is 278 g/mol. The van der Waals surface area contributed by atoms with Gasteiger partial charge in [-0.2, -0.15) is 4.98 Å². The van der Waals surface area contributed by atoms with Crippen molar-refractivity contribution in [2.45, 2.75) is 26.4 Å². The van der Waals surface area contributed by atoms with Gasteiger partial charge in [0.25, 0.3) is 0 Å². The van der Waals surface area contributed by atoms with Gasteiger partial charge >= 0.3 is 0 Å². The molecule has 0 amide bonds. The smallest absolute Gasteiger partial charge is 0.219 e. The average Bonchev–Trinajstić information content (AvgIpc) is 2.37. The molecule has 2 rings (SSSR count). The van der Waals surface area contributed by atoms with Crippen LogP contribution in [-0.2, 0) is 6.61 Å². The molecule has 5 heteroatoms. The Hall–Kier alpha value is -1.81. The van der Waals surface area contributed by atoms with Gasteiger partial charge < -0.3 is 10.5 Å². The van der Waals surface area contributed by atoms with Crippen LogP contribution in [-0.4, -0.2) is 9.97 Å². The quantitative estimate of drug-likeness (QED) is 0.930. The van der Waals surface area contributed by atoms with Crippen LogP contribution in [0.2, 0.25) is 5.02 Å². The third-order valence-electron chi connectivity index (χ3n) is 2.56. The topological polar surface area (TPSA) is 61.0 Å². The molecule has 0 atom stereocenters. The molecule has 1 heterocycles. The number of hydrogen-bond acceptors (Lipinski definition) is 4. The van der Waals surface area contributed by atoms with Gasteiger partial charge in [0.2, 0.25) is 5.88 Å². The molecular formula is C14H16ClN3O. The van der Waals surface area contributed by atoms with E-state index in [9.17, 15) is 0 Å². The Labute approximate surface area is 117 Å². The second-order valence-electron chi connectivity index (χ2n) is 4.56. The van der Waals surface area contributed by atoms with Crippen LogP contribution >= 0.6 is 11.6 Å². The molecule has 4 nitrogen and oxygen atoms in total. The highest BCUT2D eigenvalue weighted by Crippen LogP contribution is 2.18. The third kappa shape index (κ3) is 3.83. The SMILES string of the molecule is CC(C)c1nc(N)cc(OCc2ccc(Cl)cc2)n1. The van der Waals surface area contributed by atoms with Crippen LogP contribution in [0.15, 0.2) is 30.3 Å². The van der Waals surface area contributed by atoms with Crippen molar-refractivity contribution in [3.63, 3.8) is 0 Å². The van der Waals surface area contributed by atoms with Crippen molar-refractivity contribution < 1.29 is 4.74 Å². The summed E-state index contributed by atoms with van der Waals surface area (Å²) in [6.07, 6.45) is 0. The highest BCUT2D eigenvalue weighted by atomic mass is 35.5. The summed E-state index contributed by atoms with van der Waals surface area (Å²) in [5.74, 6) is 1.81. The molecule has 0 aliphatic carbocycles. The van der Waals surface area contributed by atoms with Gasteiger partial charge in [0.05, 0.1) is 0 Å². The zero-order chi connectivity index (χ0) is 13.8. The van der Waals surface area contributed by atoms with Crippen LogP contribution in [0.1, 0.15) is 31.2 Å². The summed E-state index contributed by atoms with van der Waals surface area (Å²) in [6.45, 7) is 4.45. The van der Waals surface area contributed by atoms with E-state index < -0.39 is 0 Å². The molecule has 2 aromatic rings. The number of nitrogen functional groups attached to an aromatic ring is 1. The first-order valence-electron chi connectivity index (χ1n) is 6.06. The van der Waals surface area contributed by atoms with Gasteiger partial charge in [-0.05, 0) is 17.7 Å². The summed E-state index contributed by atoms with van der Waals surface area (Å²) in [6, 6.07) is 9.11. The summed E-state index contributed by atoms with van der Waals surface area (Å²) in [5, 5.41) is 0.706. The fraction of sp³-hybridized carbons (Fsp3) is 0.286. The lowest BCUT2D eigenvalue weighted by Gasteiger charge is -2.09. The monoisotopic (exact) mass is 277 g/mol. The molecule has 0 bridgehead atoms. The lowest BCUT2D eigenvalue weighted by Crippen LogP contribution is -2.05. The van der Waals surface area contributed by atoms with Crippen molar-refractivity contribution in [2.24, 2.45) is 0 Å². The lowest BCUT2D eigenvalue weighted by atomic mass is 10.2. The van der Waals surface area contributed by atoms with Crippen molar-refractivity contribution in [3.8, 4) is 5.88 Å². The fourth-order valence-corrected chi connectivity index (χ4v) is 1.66. The molecule has 100 valence electrons. The van der Waals surface area contributed by atoms with Gasteiger partial charge in [0.1, 0.15) is 18.2 Å². The Morgan fingerprint density at radius 2 is 1.89 bits per heavy atom. The van der Waals surface area contributed by atoms with E-state index in [2.05, 4.69) is 9.97 Å². The standard InChI is InChI=1S/C14H16ClN3O/c1-9(2)14-17-12(16)7-13(18-14)19-8-10-3-5-11(15)6-4-10/h3-7,9H,8H2,1-2H3,(H2,16,17,18). The van der Waals surface area contributed by atoms with Crippen molar-refractivity contribution in [1.82, 2.24) is 9.97 Å². The highest BCUT2D eigenvalue weighted by Gasteiger charge is 2.07. The first-order chi connectivity index (χ1) is 9.04. The van der Waals surface area contributed by atoms with Gasteiger partial charge in [0.15, 0.2) is 0 Å². The van der Waals surface area contributed by atoms with Gasteiger partial charge in [-0.1, -0.05) is 37.6 Å². The zero-order valence-electron chi connectivity index (χ0n) is 10.9. The van der Waals surface area contributed by atoms with E-state index in [1.165, 1.54) is 0 Å². The summed E-state index contributed by atoms with van der Waals surface area (Å²) in [5.41, 5.74) is 6.76. The Kier molecular flexibility index (Phi) is 4.22. The normalized spacial score (nSPS) is 10.7. The summed E-state index contributed by atoms with van der Waals surface area (Å²) in [7, 11) is 0. The Balaban J connectivity index is 2.08. The summed E-state index contributed by atoms with van der Waals surface area (Å²) >= 11 is 5.83. The molecule has 0 saturated carbocycles. The zero-order valence-corrected chi connectivity index (χ0v) is 11.7. The van der Waals surface area contributed by atoms with Crippen molar-refractivity contribution in [2.75, 3.05) is 5.73 Å². The first-order valence-corrected chi connectivity index (χ1v) is 6.44. The Morgan fingerprint density at radius 1 is 1.21 bits per heavy atom. The van der Waals surface area contributed by atoms with Crippen LogP contribution < -0.4 is 10.5 Å². The molecule has 0 unspecified atom stereocenters. The minimum absolute atomic E-state index is 0.210. The maximum Gasteiger partial charge on any atom is 0.219 e. The molecule has 0 aliphatic heterocycles. The van der Waals surface area contributed by atoms with Crippen LogP contribution in [0.5, 0.6) is 5.88 Å². The fourth-order valence-electron chi connectivity index (χ4n) is 1.53. The van der Waals surface area contributed by atoms with E-state index in [1.807, 2.05) is 38.1 Å².